The number of fused-ring (bicyclic) bond motifs is 4. The van der Waals surface area contributed by atoms with Crippen LogP contribution in [0.15, 0.2) is 18.3 Å². The summed E-state index contributed by atoms with van der Waals surface area (Å²) in [5, 5.41) is 21.0. The number of benzene rings is 1. The van der Waals surface area contributed by atoms with Gasteiger partial charge in [-0.3, -0.25) is 15.2 Å². The first-order chi connectivity index (χ1) is 16.4. The molecule has 180 valence electrons. The first-order valence-electron chi connectivity index (χ1n) is 11.3. The van der Waals surface area contributed by atoms with Crippen LogP contribution in [-0.4, -0.2) is 62.1 Å². The van der Waals surface area contributed by atoms with E-state index in [1.54, 1.807) is 36.7 Å². The van der Waals surface area contributed by atoms with Crippen molar-refractivity contribution >= 4 is 51.0 Å². The van der Waals surface area contributed by atoms with E-state index in [0.29, 0.717) is 26.2 Å². The van der Waals surface area contributed by atoms with Gasteiger partial charge in [-0.05, 0) is 24.6 Å². The molecule has 0 spiro atoms. The Kier molecular flexibility index (Phi) is 5.97. The molecule has 5 rings (SSSR count). The number of thiophene rings is 1. The van der Waals surface area contributed by atoms with Crippen molar-refractivity contribution < 1.29 is 14.3 Å². The van der Waals surface area contributed by atoms with Crippen LogP contribution in [0.4, 0.5) is 10.7 Å². The lowest BCUT2D eigenvalue weighted by atomic mass is 9.82. The third-order valence-corrected chi connectivity index (χ3v) is 7.69. The lowest BCUT2D eigenvalue weighted by molar-refractivity contribution is -0.136. The van der Waals surface area contributed by atoms with Crippen molar-refractivity contribution in [3.05, 3.63) is 33.6 Å². The van der Waals surface area contributed by atoms with Gasteiger partial charge in [0.2, 0.25) is 5.91 Å². The maximum atomic E-state index is 13.2. The molecule has 2 atom stereocenters. The summed E-state index contributed by atoms with van der Waals surface area (Å²) in [6, 6.07) is 3.99. The number of nitrogens with one attached hydrogen (secondary N) is 4. The minimum Gasteiger partial charge on any atom is -0.495 e. The van der Waals surface area contributed by atoms with Crippen molar-refractivity contribution in [3.63, 3.8) is 0 Å². The fourth-order valence-corrected chi connectivity index (χ4v) is 5.98. The number of methoxy groups -OCH3 is 2. The number of H-pyrrole nitrogens is 1. The molecule has 1 unspecified atom stereocenters. The van der Waals surface area contributed by atoms with E-state index in [9.17, 15) is 4.79 Å². The summed E-state index contributed by atoms with van der Waals surface area (Å²) >= 11 is 1.70. The number of amides is 1. The first-order valence-corrected chi connectivity index (χ1v) is 12.1. The van der Waals surface area contributed by atoms with Crippen molar-refractivity contribution in [1.82, 2.24) is 20.4 Å². The summed E-state index contributed by atoms with van der Waals surface area (Å²) in [7, 11) is 5.16. The molecule has 3 aromatic rings. The van der Waals surface area contributed by atoms with E-state index < -0.39 is 5.41 Å². The number of rotatable bonds is 7. The van der Waals surface area contributed by atoms with E-state index in [-0.39, 0.29) is 12.1 Å². The fraction of sp³-hybridized carbons (Fsp3) is 0.417. The molecule has 0 fully saturated rings. The molecule has 0 bridgehead atoms. The Bertz CT molecular complexity index is 1350. The number of hydrogen-bond donors (Lipinski definition) is 4. The van der Waals surface area contributed by atoms with E-state index in [0.717, 1.165) is 31.9 Å². The van der Waals surface area contributed by atoms with Gasteiger partial charge < -0.3 is 25.0 Å². The number of hydrogen-bond acceptors (Lipinski definition) is 8. The number of nitrogens with zero attached hydrogens (tertiary/aromatic N) is 2. The van der Waals surface area contributed by atoms with Crippen LogP contribution in [-0.2, 0) is 9.53 Å². The zero-order valence-corrected chi connectivity index (χ0v) is 20.6. The van der Waals surface area contributed by atoms with E-state index in [4.69, 9.17) is 9.47 Å². The second-order valence-electron chi connectivity index (χ2n) is 8.96. The number of carbonyl (C=O) groups is 1. The summed E-state index contributed by atoms with van der Waals surface area (Å²) in [4.78, 5) is 15.0. The maximum Gasteiger partial charge on any atom is 0.232 e. The van der Waals surface area contributed by atoms with Crippen molar-refractivity contribution in [3.8, 4) is 5.75 Å². The minimum absolute atomic E-state index is 0.108. The van der Waals surface area contributed by atoms with Gasteiger partial charge in [0.1, 0.15) is 11.9 Å². The predicted molar refractivity (Wildman–Crippen MR) is 135 cm³/mol. The van der Waals surface area contributed by atoms with Gasteiger partial charge in [0, 0.05) is 42.3 Å². The number of aromatic nitrogens is 2. The number of carbonyl (C=O) groups excluding carboxylic acids is 1. The molecule has 1 amide bonds. The summed E-state index contributed by atoms with van der Waals surface area (Å²) in [6.45, 7) is 3.75. The molecule has 2 aromatic heterocycles. The molecule has 34 heavy (non-hydrogen) atoms. The maximum absolute atomic E-state index is 13.2. The van der Waals surface area contributed by atoms with Gasteiger partial charge in [-0.1, -0.05) is 12.2 Å². The van der Waals surface area contributed by atoms with E-state index in [2.05, 4.69) is 38.3 Å². The zero-order valence-electron chi connectivity index (χ0n) is 19.8. The van der Waals surface area contributed by atoms with Crippen LogP contribution in [0, 0.1) is 5.41 Å². The highest BCUT2D eigenvalue weighted by Crippen LogP contribution is 2.35. The molecule has 1 aliphatic heterocycles. The number of anilines is 2. The van der Waals surface area contributed by atoms with Gasteiger partial charge >= 0.3 is 0 Å². The standard InChI is InChI=1S/C24H30N6O3S/c1-24(23(31)30(2)7-8-32-3)6-5-15-19(11-24)34-22-20(15)21(25-13-26-22)28-17-9-14-12-27-29-16(14)10-18(17)33-4/h5,9-12,21,25-26,28H,6-8,13H2,1-4H3,(H,27,29)/t21?,24-/m1/s1. The Morgan fingerprint density at radius 3 is 3.03 bits per heavy atom. The number of likely N-dealkylation sites (N-methyl/N-ethyl adjacent to an activating group) is 1. The summed E-state index contributed by atoms with van der Waals surface area (Å²) in [5.74, 6) is 0.854. The molecule has 0 saturated carbocycles. The third-order valence-electron chi connectivity index (χ3n) is 6.56. The van der Waals surface area contributed by atoms with Gasteiger partial charge in [-0.2, -0.15) is 5.10 Å². The second kappa shape index (κ2) is 8.94. The lowest BCUT2D eigenvalue weighted by Crippen LogP contribution is -2.45. The Hall–Kier alpha value is -3.08. The van der Waals surface area contributed by atoms with E-state index in [1.165, 1.54) is 10.8 Å². The van der Waals surface area contributed by atoms with Gasteiger partial charge in [0.05, 0.1) is 48.2 Å². The van der Waals surface area contributed by atoms with Crippen LogP contribution in [0.5, 0.6) is 5.75 Å². The summed E-state index contributed by atoms with van der Waals surface area (Å²) < 4.78 is 11.9. The van der Waals surface area contributed by atoms with Gasteiger partial charge in [-0.25, -0.2) is 0 Å². The third kappa shape index (κ3) is 3.91. The second-order valence-corrected chi connectivity index (χ2v) is 10.0. The van der Waals surface area contributed by atoms with E-state index >= 15 is 0 Å². The lowest BCUT2D eigenvalue weighted by Gasteiger charge is -2.31. The van der Waals surface area contributed by atoms with Crippen LogP contribution in [0.2, 0.25) is 0 Å². The average molecular weight is 483 g/mol. The zero-order chi connectivity index (χ0) is 23.9. The monoisotopic (exact) mass is 482 g/mol. The van der Waals surface area contributed by atoms with Gasteiger partial charge in [0.15, 0.2) is 0 Å². The average Bonchev–Trinajstić information content (AvgIpc) is 3.44. The fourth-order valence-electron chi connectivity index (χ4n) is 4.66. The van der Waals surface area contributed by atoms with Crippen LogP contribution < -0.4 is 30.4 Å². The number of ether oxygens (including phenoxy) is 2. The molecule has 2 aliphatic rings. The van der Waals surface area contributed by atoms with Crippen molar-refractivity contribution in [2.75, 3.05) is 51.7 Å². The molecular weight excluding hydrogens is 452 g/mol. The molecule has 4 N–H and O–H groups in total. The van der Waals surface area contributed by atoms with Gasteiger partial charge in [-0.15, -0.1) is 11.3 Å². The SMILES string of the molecule is COCCN(C)C(=O)[C@@]1(C)C=c2sc3c(c2=CC1)C(Nc1cc2cn[nH]c2cc1OC)NCN3. The number of aromatic amines is 1. The summed E-state index contributed by atoms with van der Waals surface area (Å²) in [5.41, 5.74) is 2.41. The van der Waals surface area contributed by atoms with Crippen molar-refractivity contribution in [2.24, 2.45) is 5.41 Å². The van der Waals surface area contributed by atoms with Crippen LogP contribution >= 0.6 is 11.3 Å². The Labute approximate surface area is 201 Å². The minimum atomic E-state index is -0.575. The Morgan fingerprint density at radius 1 is 1.38 bits per heavy atom. The Morgan fingerprint density at radius 2 is 2.24 bits per heavy atom. The quantitative estimate of drug-likeness (QED) is 0.407. The van der Waals surface area contributed by atoms with E-state index in [1.807, 2.05) is 26.1 Å². The highest BCUT2D eigenvalue weighted by Gasteiger charge is 2.35. The Balaban J connectivity index is 1.49. The van der Waals surface area contributed by atoms with Crippen molar-refractivity contribution in [1.29, 1.82) is 0 Å². The molecule has 0 radical (unpaired) electrons. The highest BCUT2D eigenvalue weighted by atomic mass is 32.1. The molecule has 0 saturated heterocycles. The topological polar surface area (TPSA) is 104 Å². The molecule has 1 aliphatic carbocycles. The van der Waals surface area contributed by atoms with Crippen molar-refractivity contribution in [2.45, 2.75) is 19.5 Å². The summed E-state index contributed by atoms with van der Waals surface area (Å²) in [6.07, 6.45) is 6.68. The molecule has 3 heterocycles. The molecule has 9 nitrogen and oxygen atoms in total. The predicted octanol–water partition coefficient (Wildman–Crippen LogP) is 1.79. The van der Waals surface area contributed by atoms with Crippen LogP contribution in [0.1, 0.15) is 25.1 Å². The first kappa shape index (κ1) is 22.7. The molecule has 1 aromatic carbocycles. The normalized spacial score (nSPS) is 21.0. The van der Waals surface area contributed by atoms with Gasteiger partial charge in [0.25, 0.3) is 0 Å². The van der Waals surface area contributed by atoms with Crippen LogP contribution in [0.3, 0.4) is 0 Å². The smallest absolute Gasteiger partial charge is 0.232 e. The van der Waals surface area contributed by atoms with Crippen LogP contribution in [0.25, 0.3) is 23.1 Å². The molecule has 10 heteroatoms. The largest absolute Gasteiger partial charge is 0.495 e. The highest BCUT2D eigenvalue weighted by molar-refractivity contribution is 7.14. The molecular formula is C24H30N6O3S.